The van der Waals surface area contributed by atoms with Gasteiger partial charge in [0.15, 0.2) is 0 Å². The number of rotatable bonds is 2. The molecule has 140 valence electrons. The molecule has 0 aliphatic carbocycles. The van der Waals surface area contributed by atoms with E-state index in [1.807, 2.05) is 36.4 Å². The number of ether oxygens (including phenoxy) is 1. The molecule has 0 bridgehead atoms. The van der Waals surface area contributed by atoms with Crippen molar-refractivity contribution in [1.29, 1.82) is 5.26 Å². The molecule has 0 radical (unpaired) electrons. The van der Waals surface area contributed by atoms with Crippen molar-refractivity contribution in [2.24, 2.45) is 0 Å². The van der Waals surface area contributed by atoms with Crippen molar-refractivity contribution in [2.75, 3.05) is 0 Å². The average Bonchev–Trinajstić information content (AvgIpc) is 2.70. The summed E-state index contributed by atoms with van der Waals surface area (Å²) in [6, 6.07) is 19.7. The summed E-state index contributed by atoms with van der Waals surface area (Å²) in [5, 5.41) is 25.0. The van der Waals surface area contributed by atoms with Gasteiger partial charge in [-0.25, -0.2) is 0 Å². The minimum atomic E-state index is -0.974. The highest BCUT2D eigenvalue weighted by molar-refractivity contribution is 5.98. The molecule has 0 saturated heterocycles. The van der Waals surface area contributed by atoms with E-state index in [9.17, 15) is 15.2 Å². The van der Waals surface area contributed by atoms with Crippen molar-refractivity contribution in [3.63, 3.8) is 0 Å². The molecular formula is C23H20N2O3. The van der Waals surface area contributed by atoms with Crippen LogP contribution in [0.3, 0.4) is 0 Å². The summed E-state index contributed by atoms with van der Waals surface area (Å²) < 4.78 is 5.90. The summed E-state index contributed by atoms with van der Waals surface area (Å²) in [5.41, 5.74) is 0.662. The third-order valence-corrected chi connectivity index (χ3v) is 5.17. The SMILES string of the molecule is CC1(C)Oc2ccc(C#N)cc2C(NC(=O)c2ccc3ccccc3c2)C1O. The first-order chi connectivity index (χ1) is 13.4. The van der Waals surface area contributed by atoms with Crippen LogP contribution in [0.5, 0.6) is 5.75 Å². The highest BCUT2D eigenvalue weighted by Crippen LogP contribution is 2.40. The van der Waals surface area contributed by atoms with Crippen LogP contribution in [0.2, 0.25) is 0 Å². The van der Waals surface area contributed by atoms with Crippen LogP contribution in [-0.4, -0.2) is 22.7 Å². The maximum Gasteiger partial charge on any atom is 0.251 e. The van der Waals surface area contributed by atoms with Gasteiger partial charge in [0.1, 0.15) is 17.5 Å². The molecule has 2 atom stereocenters. The van der Waals surface area contributed by atoms with Gasteiger partial charge in [0.25, 0.3) is 5.91 Å². The first-order valence-corrected chi connectivity index (χ1v) is 9.10. The molecule has 0 saturated carbocycles. The fourth-order valence-corrected chi connectivity index (χ4v) is 3.58. The van der Waals surface area contributed by atoms with E-state index < -0.39 is 17.7 Å². The number of nitrogens with zero attached hydrogens (tertiary/aromatic N) is 1. The van der Waals surface area contributed by atoms with Crippen molar-refractivity contribution >= 4 is 16.7 Å². The minimum absolute atomic E-state index is 0.291. The van der Waals surface area contributed by atoms with E-state index in [1.165, 1.54) is 0 Å². The summed E-state index contributed by atoms with van der Waals surface area (Å²) in [6.07, 6.45) is -0.974. The van der Waals surface area contributed by atoms with Crippen molar-refractivity contribution < 1.29 is 14.6 Å². The Morgan fingerprint density at radius 3 is 2.61 bits per heavy atom. The van der Waals surface area contributed by atoms with Gasteiger partial charge in [-0.2, -0.15) is 5.26 Å². The molecule has 0 fully saturated rings. The second kappa shape index (κ2) is 6.66. The number of hydrogen-bond donors (Lipinski definition) is 2. The Morgan fingerprint density at radius 2 is 1.86 bits per heavy atom. The second-order valence-electron chi connectivity index (χ2n) is 7.53. The van der Waals surface area contributed by atoms with E-state index in [-0.39, 0.29) is 5.91 Å². The zero-order valence-corrected chi connectivity index (χ0v) is 15.6. The number of amides is 1. The molecule has 0 spiro atoms. The number of carbonyl (C=O) groups excluding carboxylic acids is 1. The van der Waals surface area contributed by atoms with Crippen LogP contribution in [0.15, 0.2) is 60.7 Å². The lowest BCUT2D eigenvalue weighted by Gasteiger charge is -2.42. The molecule has 2 N–H and O–H groups in total. The van der Waals surface area contributed by atoms with Gasteiger partial charge < -0.3 is 15.2 Å². The fourth-order valence-electron chi connectivity index (χ4n) is 3.58. The molecule has 4 rings (SSSR count). The maximum absolute atomic E-state index is 12.9. The number of benzene rings is 3. The van der Waals surface area contributed by atoms with Crippen LogP contribution in [-0.2, 0) is 0 Å². The summed E-state index contributed by atoms with van der Waals surface area (Å²) >= 11 is 0. The summed E-state index contributed by atoms with van der Waals surface area (Å²) in [6.45, 7) is 3.54. The van der Waals surface area contributed by atoms with Crippen molar-refractivity contribution in [3.05, 3.63) is 77.4 Å². The molecule has 1 amide bonds. The van der Waals surface area contributed by atoms with Gasteiger partial charge in [-0.15, -0.1) is 0 Å². The molecule has 2 unspecified atom stereocenters. The molecule has 3 aromatic carbocycles. The van der Waals surface area contributed by atoms with Gasteiger partial charge in [-0.05, 0) is 55.0 Å². The molecule has 5 nitrogen and oxygen atoms in total. The van der Waals surface area contributed by atoms with Gasteiger partial charge in [0.05, 0.1) is 17.7 Å². The number of nitriles is 1. The number of aliphatic hydroxyl groups is 1. The lowest BCUT2D eigenvalue weighted by molar-refractivity contribution is -0.0627. The van der Waals surface area contributed by atoms with E-state index in [4.69, 9.17) is 4.74 Å². The number of carbonyl (C=O) groups is 1. The van der Waals surface area contributed by atoms with Gasteiger partial charge in [-0.3, -0.25) is 4.79 Å². The van der Waals surface area contributed by atoms with Gasteiger partial charge in [0.2, 0.25) is 0 Å². The van der Waals surface area contributed by atoms with Crippen LogP contribution in [0.1, 0.15) is 41.4 Å². The standard InChI is InChI=1S/C23H20N2O3/c1-23(2)21(26)20(18-11-14(13-24)7-10-19(18)28-23)25-22(27)17-9-8-15-5-3-4-6-16(15)12-17/h3-12,20-21,26H,1-2H3,(H,25,27). The average molecular weight is 372 g/mol. The smallest absolute Gasteiger partial charge is 0.251 e. The molecule has 1 heterocycles. The van der Waals surface area contributed by atoms with Crippen LogP contribution in [0, 0.1) is 11.3 Å². The molecule has 0 aromatic heterocycles. The molecule has 3 aromatic rings. The normalized spacial score (nSPS) is 19.9. The number of aliphatic hydroxyl groups excluding tert-OH is 1. The Balaban J connectivity index is 1.71. The third-order valence-electron chi connectivity index (χ3n) is 5.17. The highest BCUT2D eigenvalue weighted by Gasteiger charge is 2.43. The lowest BCUT2D eigenvalue weighted by Crippen LogP contribution is -2.53. The first kappa shape index (κ1) is 18.0. The van der Waals surface area contributed by atoms with E-state index in [0.717, 1.165) is 10.8 Å². The van der Waals surface area contributed by atoms with Crippen molar-refractivity contribution in [3.8, 4) is 11.8 Å². The zero-order valence-electron chi connectivity index (χ0n) is 15.6. The van der Waals surface area contributed by atoms with Crippen molar-refractivity contribution in [2.45, 2.75) is 31.6 Å². The Labute approximate surface area is 163 Å². The minimum Gasteiger partial charge on any atom is -0.485 e. The Kier molecular flexibility index (Phi) is 4.29. The predicted molar refractivity (Wildman–Crippen MR) is 106 cm³/mol. The second-order valence-corrected chi connectivity index (χ2v) is 7.53. The highest BCUT2D eigenvalue weighted by atomic mass is 16.5. The predicted octanol–water partition coefficient (Wildman–Crippen LogP) is 3.71. The molecular weight excluding hydrogens is 352 g/mol. The van der Waals surface area contributed by atoms with E-state index in [1.54, 1.807) is 38.1 Å². The Hall–Kier alpha value is -3.36. The van der Waals surface area contributed by atoms with Gasteiger partial charge in [-0.1, -0.05) is 30.3 Å². The fraction of sp³-hybridized carbons (Fsp3) is 0.217. The first-order valence-electron chi connectivity index (χ1n) is 9.10. The quantitative estimate of drug-likeness (QED) is 0.718. The monoisotopic (exact) mass is 372 g/mol. The number of hydrogen-bond acceptors (Lipinski definition) is 4. The number of fused-ring (bicyclic) bond motifs is 2. The summed E-state index contributed by atoms with van der Waals surface area (Å²) in [5.74, 6) is 0.263. The third kappa shape index (κ3) is 3.08. The van der Waals surface area contributed by atoms with E-state index in [2.05, 4.69) is 11.4 Å². The van der Waals surface area contributed by atoms with Crippen LogP contribution >= 0.6 is 0 Å². The van der Waals surface area contributed by atoms with Gasteiger partial charge >= 0.3 is 0 Å². The molecule has 1 aliphatic heterocycles. The van der Waals surface area contributed by atoms with Gasteiger partial charge in [0, 0.05) is 11.1 Å². The van der Waals surface area contributed by atoms with Crippen LogP contribution < -0.4 is 10.1 Å². The van der Waals surface area contributed by atoms with E-state index in [0.29, 0.717) is 22.4 Å². The van der Waals surface area contributed by atoms with Crippen LogP contribution in [0.25, 0.3) is 10.8 Å². The summed E-state index contributed by atoms with van der Waals surface area (Å²) in [4.78, 5) is 12.9. The lowest BCUT2D eigenvalue weighted by atomic mass is 9.85. The Bertz CT molecular complexity index is 1110. The largest absolute Gasteiger partial charge is 0.485 e. The number of nitrogens with one attached hydrogen (secondary N) is 1. The van der Waals surface area contributed by atoms with Crippen molar-refractivity contribution in [1.82, 2.24) is 5.32 Å². The Morgan fingerprint density at radius 1 is 1.11 bits per heavy atom. The zero-order chi connectivity index (χ0) is 19.9. The van der Waals surface area contributed by atoms with Crippen LogP contribution in [0.4, 0.5) is 0 Å². The van der Waals surface area contributed by atoms with E-state index >= 15 is 0 Å². The molecule has 1 aliphatic rings. The summed E-state index contributed by atoms with van der Waals surface area (Å²) in [7, 11) is 0. The topological polar surface area (TPSA) is 82.3 Å². The molecule has 5 heteroatoms. The molecule has 28 heavy (non-hydrogen) atoms. The maximum atomic E-state index is 12.9.